The predicted octanol–water partition coefficient (Wildman–Crippen LogP) is 3.37. The number of benzene rings is 3. The van der Waals surface area contributed by atoms with Gasteiger partial charge in [0.15, 0.2) is 17.3 Å². The number of para-hydroxylation sites is 1. The van der Waals surface area contributed by atoms with E-state index in [0.717, 1.165) is 16.6 Å². The van der Waals surface area contributed by atoms with Gasteiger partial charge in [-0.1, -0.05) is 35.3 Å². The third-order valence-electron chi connectivity index (χ3n) is 4.42. The van der Waals surface area contributed by atoms with Crippen molar-refractivity contribution in [2.75, 3.05) is 19.5 Å². The zero-order valence-electron chi connectivity index (χ0n) is 16.1. The number of nitrogens with zero attached hydrogens (tertiary/aromatic N) is 2. The molecule has 3 aromatic carbocycles. The van der Waals surface area contributed by atoms with Crippen LogP contribution in [0.4, 0.5) is 11.5 Å². The van der Waals surface area contributed by atoms with E-state index in [1.807, 2.05) is 48.5 Å². The third kappa shape index (κ3) is 4.38. The highest BCUT2D eigenvalue weighted by molar-refractivity contribution is 6.36. The number of fused-ring (bicyclic) bond motifs is 1. The standard InChI is InChI=1S/C22H17Cl2N3O2.ClH/c1-28-19-10-8-14(12-20(19)29-2)25-22-16-5-3-4-6-18(16)26-21(27-22)15-9-7-13(23)11-17(15)24;/h3-12H,1-2H3,(H,25,26,27);1H/p-1. The lowest BCUT2D eigenvalue weighted by Gasteiger charge is -2.14. The Bertz CT molecular complexity index is 1200. The Morgan fingerprint density at radius 2 is 1.60 bits per heavy atom. The Hall–Kier alpha value is -2.73. The summed E-state index contributed by atoms with van der Waals surface area (Å²) in [5.41, 5.74) is 2.31. The van der Waals surface area contributed by atoms with Crippen LogP contribution in [0.5, 0.6) is 11.5 Å². The van der Waals surface area contributed by atoms with Crippen LogP contribution in [0.2, 0.25) is 10.0 Å². The molecule has 154 valence electrons. The topological polar surface area (TPSA) is 56.3 Å². The summed E-state index contributed by atoms with van der Waals surface area (Å²) < 4.78 is 10.7. The van der Waals surface area contributed by atoms with Gasteiger partial charge in [0, 0.05) is 27.7 Å². The zero-order valence-corrected chi connectivity index (χ0v) is 18.4. The fourth-order valence-corrected chi connectivity index (χ4v) is 3.51. The van der Waals surface area contributed by atoms with Crippen molar-refractivity contribution >= 4 is 45.6 Å². The Balaban J connectivity index is 0.00000256. The molecule has 0 amide bonds. The second kappa shape index (κ2) is 9.39. The van der Waals surface area contributed by atoms with Crippen LogP contribution >= 0.6 is 23.2 Å². The molecule has 1 aromatic heterocycles. The van der Waals surface area contributed by atoms with Crippen LogP contribution in [0, 0.1) is 0 Å². The zero-order chi connectivity index (χ0) is 20.4. The molecule has 0 saturated heterocycles. The smallest absolute Gasteiger partial charge is 0.163 e. The maximum atomic E-state index is 6.39. The highest BCUT2D eigenvalue weighted by Crippen LogP contribution is 2.34. The minimum atomic E-state index is 0. The number of aromatic nitrogens is 2. The lowest BCUT2D eigenvalue weighted by Crippen LogP contribution is -3.00. The van der Waals surface area contributed by atoms with Gasteiger partial charge in [-0.15, -0.1) is 0 Å². The number of ether oxygens (including phenoxy) is 2. The van der Waals surface area contributed by atoms with Gasteiger partial charge in [0.2, 0.25) is 0 Å². The summed E-state index contributed by atoms with van der Waals surface area (Å²) in [5, 5.41) is 5.29. The van der Waals surface area contributed by atoms with E-state index in [4.69, 9.17) is 37.7 Å². The Morgan fingerprint density at radius 1 is 0.833 bits per heavy atom. The molecule has 30 heavy (non-hydrogen) atoms. The van der Waals surface area contributed by atoms with Crippen molar-refractivity contribution in [3.05, 3.63) is 70.7 Å². The number of anilines is 2. The fourth-order valence-electron chi connectivity index (χ4n) is 3.01. The molecule has 0 unspecified atom stereocenters. The van der Waals surface area contributed by atoms with E-state index in [9.17, 15) is 0 Å². The monoisotopic (exact) mass is 460 g/mol. The van der Waals surface area contributed by atoms with Gasteiger partial charge in [-0.25, -0.2) is 9.97 Å². The number of methoxy groups -OCH3 is 2. The Morgan fingerprint density at radius 3 is 2.33 bits per heavy atom. The van der Waals surface area contributed by atoms with E-state index >= 15 is 0 Å². The van der Waals surface area contributed by atoms with Gasteiger partial charge in [0.1, 0.15) is 5.82 Å². The molecule has 0 saturated carbocycles. The molecule has 0 bridgehead atoms. The fraction of sp³-hybridized carbons (Fsp3) is 0.0909. The van der Waals surface area contributed by atoms with Crippen molar-refractivity contribution in [1.29, 1.82) is 0 Å². The number of nitrogens with one attached hydrogen (secondary N) is 1. The van der Waals surface area contributed by atoms with Crippen LogP contribution < -0.4 is 27.2 Å². The molecule has 8 heteroatoms. The highest BCUT2D eigenvalue weighted by Gasteiger charge is 2.13. The molecule has 0 spiro atoms. The van der Waals surface area contributed by atoms with Gasteiger partial charge < -0.3 is 27.2 Å². The lowest BCUT2D eigenvalue weighted by molar-refractivity contribution is -0.00000620. The lowest BCUT2D eigenvalue weighted by atomic mass is 10.1. The van der Waals surface area contributed by atoms with E-state index in [2.05, 4.69) is 10.3 Å². The van der Waals surface area contributed by atoms with Crippen molar-refractivity contribution in [2.24, 2.45) is 0 Å². The van der Waals surface area contributed by atoms with Crippen LogP contribution in [0.3, 0.4) is 0 Å². The summed E-state index contributed by atoms with van der Waals surface area (Å²) in [6, 6.07) is 18.6. The van der Waals surface area contributed by atoms with E-state index < -0.39 is 0 Å². The van der Waals surface area contributed by atoms with Gasteiger partial charge >= 0.3 is 0 Å². The summed E-state index contributed by atoms with van der Waals surface area (Å²) in [4.78, 5) is 9.41. The van der Waals surface area contributed by atoms with Crippen molar-refractivity contribution in [1.82, 2.24) is 9.97 Å². The van der Waals surface area contributed by atoms with Crippen molar-refractivity contribution in [3.8, 4) is 22.9 Å². The van der Waals surface area contributed by atoms with Crippen molar-refractivity contribution in [2.45, 2.75) is 0 Å². The first-order valence-electron chi connectivity index (χ1n) is 8.80. The summed E-state index contributed by atoms with van der Waals surface area (Å²) in [6.07, 6.45) is 0. The summed E-state index contributed by atoms with van der Waals surface area (Å²) in [7, 11) is 3.20. The normalized spacial score (nSPS) is 10.4. The first kappa shape index (κ1) is 22.0. The molecule has 5 nitrogen and oxygen atoms in total. The largest absolute Gasteiger partial charge is 1.00 e. The summed E-state index contributed by atoms with van der Waals surface area (Å²) in [5.74, 6) is 2.44. The van der Waals surface area contributed by atoms with Crippen LogP contribution in [-0.2, 0) is 0 Å². The van der Waals surface area contributed by atoms with Crippen molar-refractivity contribution < 1.29 is 21.9 Å². The SMILES string of the molecule is COc1ccc(Nc2nc(-c3ccc(Cl)cc3Cl)nc3ccccc23)cc1OC.[Cl-]. The summed E-state index contributed by atoms with van der Waals surface area (Å²) in [6.45, 7) is 0. The molecule has 0 aliphatic carbocycles. The number of rotatable bonds is 5. The predicted molar refractivity (Wildman–Crippen MR) is 118 cm³/mol. The maximum absolute atomic E-state index is 6.39. The first-order valence-corrected chi connectivity index (χ1v) is 9.56. The van der Waals surface area contributed by atoms with E-state index in [0.29, 0.717) is 38.8 Å². The molecular formula is C22H17Cl3N3O2-. The molecule has 1 N–H and O–H groups in total. The molecule has 4 aromatic rings. The summed E-state index contributed by atoms with van der Waals surface area (Å²) >= 11 is 12.4. The average molecular weight is 462 g/mol. The minimum Gasteiger partial charge on any atom is -1.00 e. The Kier molecular flexibility index (Phi) is 6.87. The highest BCUT2D eigenvalue weighted by atomic mass is 35.5. The molecule has 0 radical (unpaired) electrons. The van der Waals surface area contributed by atoms with E-state index in [1.165, 1.54) is 0 Å². The Labute approximate surface area is 190 Å². The number of hydrogen-bond donors (Lipinski definition) is 1. The molecule has 4 rings (SSSR count). The van der Waals surface area contributed by atoms with Gasteiger partial charge in [-0.2, -0.15) is 0 Å². The molecule has 1 heterocycles. The van der Waals surface area contributed by atoms with Gasteiger partial charge in [0.25, 0.3) is 0 Å². The first-order chi connectivity index (χ1) is 14.1. The minimum absolute atomic E-state index is 0. The molecular weight excluding hydrogens is 445 g/mol. The van der Waals surface area contributed by atoms with Crippen LogP contribution in [0.25, 0.3) is 22.3 Å². The molecule has 0 aliphatic heterocycles. The van der Waals surface area contributed by atoms with Gasteiger partial charge in [0.05, 0.1) is 24.8 Å². The second-order valence-corrected chi connectivity index (χ2v) is 7.08. The van der Waals surface area contributed by atoms with E-state index in [-0.39, 0.29) is 12.4 Å². The van der Waals surface area contributed by atoms with Gasteiger partial charge in [-0.05, 0) is 42.5 Å². The maximum Gasteiger partial charge on any atom is 0.163 e. The van der Waals surface area contributed by atoms with E-state index in [1.54, 1.807) is 26.4 Å². The van der Waals surface area contributed by atoms with Gasteiger partial charge in [-0.3, -0.25) is 0 Å². The van der Waals surface area contributed by atoms with Crippen LogP contribution in [-0.4, -0.2) is 24.2 Å². The molecule has 0 fully saturated rings. The van der Waals surface area contributed by atoms with Crippen LogP contribution in [0.1, 0.15) is 0 Å². The third-order valence-corrected chi connectivity index (χ3v) is 4.97. The quantitative estimate of drug-likeness (QED) is 0.494. The van der Waals surface area contributed by atoms with Crippen molar-refractivity contribution in [3.63, 3.8) is 0 Å². The second-order valence-electron chi connectivity index (χ2n) is 6.23. The average Bonchev–Trinajstić information content (AvgIpc) is 2.73. The number of hydrogen-bond acceptors (Lipinski definition) is 5. The molecule has 0 aliphatic rings. The molecule has 0 atom stereocenters. The number of halogens is 3. The van der Waals surface area contributed by atoms with Crippen LogP contribution in [0.15, 0.2) is 60.7 Å².